The fourth-order valence-electron chi connectivity index (χ4n) is 2.63. The van der Waals surface area contributed by atoms with Crippen LogP contribution in [0.2, 0.25) is 5.02 Å². The molecule has 2 aromatic carbocycles. The van der Waals surface area contributed by atoms with E-state index in [-0.39, 0.29) is 29.8 Å². The third-order valence-corrected chi connectivity index (χ3v) is 5.14. The lowest BCUT2D eigenvalue weighted by Crippen LogP contribution is -2.37. The number of carbonyl (C=O) groups is 3. The quantitative estimate of drug-likeness (QED) is 0.724. The zero-order valence-electron chi connectivity index (χ0n) is 15.0. The Morgan fingerprint density at radius 3 is 2.68 bits per heavy atom. The van der Waals surface area contributed by atoms with Crippen LogP contribution in [0.1, 0.15) is 15.9 Å². The van der Waals surface area contributed by atoms with Crippen LogP contribution in [0, 0.1) is 0 Å². The van der Waals surface area contributed by atoms with E-state index >= 15 is 0 Å². The average Bonchev–Trinajstić information content (AvgIpc) is 2.96. The molecule has 1 aliphatic rings. The summed E-state index contributed by atoms with van der Waals surface area (Å²) in [5.41, 5.74) is 1.13. The molecule has 28 heavy (non-hydrogen) atoms. The van der Waals surface area contributed by atoms with Gasteiger partial charge in [0.15, 0.2) is 0 Å². The molecule has 0 bridgehead atoms. The molecule has 8 heteroatoms. The van der Waals surface area contributed by atoms with Crippen molar-refractivity contribution < 1.29 is 19.1 Å². The minimum Gasteiger partial charge on any atom is -0.496 e. The van der Waals surface area contributed by atoms with Gasteiger partial charge < -0.3 is 10.1 Å². The molecule has 0 aromatic heterocycles. The van der Waals surface area contributed by atoms with Gasteiger partial charge in [-0.05, 0) is 41.6 Å². The summed E-state index contributed by atoms with van der Waals surface area (Å²) in [5.74, 6) is -0.376. The summed E-state index contributed by atoms with van der Waals surface area (Å²) < 4.78 is 5.16. The van der Waals surface area contributed by atoms with Crippen LogP contribution in [0.5, 0.6) is 5.75 Å². The lowest BCUT2D eigenvalue weighted by Gasteiger charge is -2.14. The van der Waals surface area contributed by atoms with Gasteiger partial charge in [0.2, 0.25) is 0 Å². The fourth-order valence-corrected chi connectivity index (χ4v) is 3.66. The molecule has 2 aromatic rings. The first-order valence-corrected chi connectivity index (χ1v) is 9.61. The van der Waals surface area contributed by atoms with Crippen LogP contribution >= 0.6 is 23.4 Å². The van der Waals surface area contributed by atoms with Crippen molar-refractivity contribution in [1.29, 1.82) is 0 Å². The molecule has 3 rings (SSSR count). The maximum absolute atomic E-state index is 12.5. The third-order valence-electron chi connectivity index (χ3n) is 4.00. The van der Waals surface area contributed by atoms with Crippen LogP contribution in [0.4, 0.5) is 4.79 Å². The first-order valence-electron chi connectivity index (χ1n) is 8.42. The number of halogens is 1. The molecule has 1 aliphatic heterocycles. The Kier molecular flexibility index (Phi) is 6.38. The molecule has 0 aliphatic carbocycles. The Bertz CT molecular complexity index is 946. The number of thioether (sulfide) groups is 1. The number of nitrogens with one attached hydrogen (secondary N) is 1. The number of carbonyl (C=O) groups excluding carboxylic acids is 3. The van der Waals surface area contributed by atoms with E-state index in [1.807, 2.05) is 30.3 Å². The van der Waals surface area contributed by atoms with Crippen molar-refractivity contribution in [2.24, 2.45) is 0 Å². The first-order chi connectivity index (χ1) is 13.5. The van der Waals surface area contributed by atoms with Crippen molar-refractivity contribution in [1.82, 2.24) is 10.2 Å². The molecule has 1 N–H and O–H groups in total. The minimum absolute atomic E-state index is 0.0748. The molecule has 0 spiro atoms. The van der Waals surface area contributed by atoms with Gasteiger partial charge in [-0.2, -0.15) is 0 Å². The molecule has 0 atom stereocenters. The van der Waals surface area contributed by atoms with Crippen molar-refractivity contribution in [3.8, 4) is 5.75 Å². The highest BCUT2D eigenvalue weighted by molar-refractivity contribution is 8.18. The van der Waals surface area contributed by atoms with Gasteiger partial charge in [-0.1, -0.05) is 41.9 Å². The molecule has 1 saturated heterocycles. The van der Waals surface area contributed by atoms with Gasteiger partial charge in [0.1, 0.15) is 5.75 Å². The maximum Gasteiger partial charge on any atom is 0.293 e. The van der Waals surface area contributed by atoms with Gasteiger partial charge in [0.25, 0.3) is 17.1 Å². The van der Waals surface area contributed by atoms with E-state index in [1.165, 1.54) is 13.2 Å². The smallest absolute Gasteiger partial charge is 0.293 e. The zero-order valence-corrected chi connectivity index (χ0v) is 16.5. The van der Waals surface area contributed by atoms with E-state index in [9.17, 15) is 14.4 Å². The number of nitrogens with zero attached hydrogens (tertiary/aromatic N) is 1. The van der Waals surface area contributed by atoms with E-state index in [1.54, 1.807) is 18.2 Å². The monoisotopic (exact) mass is 416 g/mol. The van der Waals surface area contributed by atoms with Crippen LogP contribution < -0.4 is 10.1 Å². The molecule has 1 fully saturated rings. The molecule has 1 heterocycles. The van der Waals surface area contributed by atoms with Crippen molar-refractivity contribution in [3.05, 3.63) is 69.6 Å². The fraction of sp³-hybridized carbons (Fsp3) is 0.150. The molecule has 144 valence electrons. The highest BCUT2D eigenvalue weighted by Crippen LogP contribution is 2.31. The van der Waals surface area contributed by atoms with E-state index in [2.05, 4.69) is 5.32 Å². The largest absolute Gasteiger partial charge is 0.496 e. The number of rotatable bonds is 6. The Hall–Kier alpha value is -2.77. The van der Waals surface area contributed by atoms with E-state index in [0.29, 0.717) is 15.7 Å². The van der Waals surface area contributed by atoms with Gasteiger partial charge >= 0.3 is 0 Å². The van der Waals surface area contributed by atoms with Crippen molar-refractivity contribution >= 4 is 46.5 Å². The SMILES string of the molecule is COc1ccc(Cl)cc1C(=O)NCCN1C(=O)S/C(=C/c2ccccc2)C1=O. The number of imide groups is 1. The van der Waals surface area contributed by atoms with Crippen LogP contribution in [0.3, 0.4) is 0 Å². The van der Waals surface area contributed by atoms with Crippen molar-refractivity contribution in [2.75, 3.05) is 20.2 Å². The summed E-state index contributed by atoms with van der Waals surface area (Å²) in [6.07, 6.45) is 1.68. The second-order valence-corrected chi connectivity index (χ2v) is 7.27. The van der Waals surface area contributed by atoms with Gasteiger partial charge in [0.05, 0.1) is 17.6 Å². The molecule has 6 nitrogen and oxygen atoms in total. The van der Waals surface area contributed by atoms with Crippen LogP contribution in [0.25, 0.3) is 6.08 Å². The lowest BCUT2D eigenvalue weighted by molar-refractivity contribution is -0.122. The van der Waals surface area contributed by atoms with Gasteiger partial charge in [-0.15, -0.1) is 0 Å². The van der Waals surface area contributed by atoms with Gasteiger partial charge in [-0.25, -0.2) is 0 Å². The second-order valence-electron chi connectivity index (χ2n) is 5.84. The average molecular weight is 417 g/mol. The lowest BCUT2D eigenvalue weighted by atomic mass is 10.2. The Balaban J connectivity index is 1.61. The molecule has 0 radical (unpaired) electrons. The molecule has 0 saturated carbocycles. The normalized spacial score (nSPS) is 15.2. The Morgan fingerprint density at radius 1 is 1.21 bits per heavy atom. The number of benzene rings is 2. The van der Waals surface area contributed by atoms with Crippen LogP contribution in [-0.2, 0) is 4.79 Å². The third kappa shape index (κ3) is 4.55. The summed E-state index contributed by atoms with van der Waals surface area (Å²) in [6.45, 7) is 0.191. The Morgan fingerprint density at radius 2 is 1.96 bits per heavy atom. The van der Waals surface area contributed by atoms with Crippen molar-refractivity contribution in [2.45, 2.75) is 0 Å². The first kappa shape index (κ1) is 20.0. The zero-order chi connectivity index (χ0) is 20.1. The highest BCUT2D eigenvalue weighted by atomic mass is 35.5. The summed E-state index contributed by atoms with van der Waals surface area (Å²) in [4.78, 5) is 38.5. The molecule has 0 unspecified atom stereocenters. The Labute approximate surface area is 171 Å². The number of amides is 3. The second kappa shape index (κ2) is 8.95. The number of methoxy groups -OCH3 is 1. The molecular formula is C20H17ClN2O4S. The van der Waals surface area contributed by atoms with Gasteiger partial charge in [-0.3, -0.25) is 19.3 Å². The highest BCUT2D eigenvalue weighted by Gasteiger charge is 2.34. The van der Waals surface area contributed by atoms with E-state index < -0.39 is 5.91 Å². The summed E-state index contributed by atoms with van der Waals surface area (Å²) in [5, 5.41) is 2.73. The summed E-state index contributed by atoms with van der Waals surface area (Å²) in [7, 11) is 1.46. The van der Waals surface area contributed by atoms with Crippen molar-refractivity contribution in [3.63, 3.8) is 0 Å². The van der Waals surface area contributed by atoms with Gasteiger partial charge in [0, 0.05) is 18.1 Å². The number of hydrogen-bond donors (Lipinski definition) is 1. The molecule has 3 amide bonds. The van der Waals surface area contributed by atoms with Crippen LogP contribution in [-0.4, -0.2) is 42.2 Å². The van der Waals surface area contributed by atoms with Crippen LogP contribution in [0.15, 0.2) is 53.4 Å². The maximum atomic E-state index is 12.5. The minimum atomic E-state index is -0.397. The standard InChI is InChI=1S/C20H17ClN2O4S/c1-27-16-8-7-14(21)12-15(16)18(24)22-9-10-23-19(25)17(28-20(23)26)11-13-5-3-2-4-6-13/h2-8,11-12H,9-10H2,1H3,(H,22,24)/b17-11+. The number of ether oxygens (including phenoxy) is 1. The van der Waals surface area contributed by atoms with E-state index in [0.717, 1.165) is 22.2 Å². The predicted octanol–water partition coefficient (Wildman–Crippen LogP) is 3.81. The summed E-state index contributed by atoms with van der Waals surface area (Å²) in [6, 6.07) is 14.0. The van der Waals surface area contributed by atoms with E-state index in [4.69, 9.17) is 16.3 Å². The summed E-state index contributed by atoms with van der Waals surface area (Å²) >= 11 is 6.82. The topological polar surface area (TPSA) is 75.7 Å². The number of hydrogen-bond acceptors (Lipinski definition) is 5. The molecular weight excluding hydrogens is 400 g/mol. The predicted molar refractivity (Wildman–Crippen MR) is 109 cm³/mol.